The largest absolute Gasteiger partial charge is 0.346 e. The molecule has 0 spiro atoms. The number of rotatable bonds is 1. The van der Waals surface area contributed by atoms with E-state index in [1.165, 1.54) is 82.1 Å². The summed E-state index contributed by atoms with van der Waals surface area (Å²) < 4.78 is 0. The summed E-state index contributed by atoms with van der Waals surface area (Å²) in [7, 11) is 0. The highest BCUT2D eigenvalue weighted by molar-refractivity contribution is 5.03. The summed E-state index contributed by atoms with van der Waals surface area (Å²) in [6.07, 6.45) is 17.4. The highest BCUT2D eigenvalue weighted by Gasteiger charge is 2.14. The molecule has 0 bridgehead atoms. The molecule has 18 heavy (non-hydrogen) atoms. The maximum atomic E-state index is 4.55. The molecule has 2 rings (SSSR count). The molecule has 0 unspecified atom stereocenters. The van der Waals surface area contributed by atoms with Gasteiger partial charge >= 0.3 is 0 Å². The van der Waals surface area contributed by atoms with Gasteiger partial charge in [0.25, 0.3) is 0 Å². The number of imidazole rings is 1. The lowest BCUT2D eigenvalue weighted by Gasteiger charge is -2.15. The summed E-state index contributed by atoms with van der Waals surface area (Å²) in [5, 5.41) is 0. The van der Waals surface area contributed by atoms with Crippen molar-refractivity contribution in [3.8, 4) is 0 Å². The predicted molar refractivity (Wildman–Crippen MR) is 76.9 cm³/mol. The zero-order valence-electron chi connectivity index (χ0n) is 11.9. The number of aromatic amines is 1. The molecule has 0 amide bonds. The first-order chi connectivity index (χ1) is 8.86. The van der Waals surface area contributed by atoms with E-state index in [-0.39, 0.29) is 0 Å². The fraction of sp³-hybridized carbons (Fsp3) is 0.812. The van der Waals surface area contributed by atoms with Crippen molar-refractivity contribution < 1.29 is 0 Å². The Morgan fingerprint density at radius 2 is 1.39 bits per heavy atom. The lowest BCUT2D eigenvalue weighted by atomic mass is 9.92. The van der Waals surface area contributed by atoms with Gasteiger partial charge in [0.15, 0.2) is 0 Å². The van der Waals surface area contributed by atoms with Crippen LogP contribution >= 0.6 is 0 Å². The Kier molecular flexibility index (Phi) is 5.76. The third kappa shape index (κ3) is 4.47. The molecule has 102 valence electrons. The van der Waals surface area contributed by atoms with Crippen molar-refractivity contribution in [1.82, 2.24) is 9.97 Å². The first kappa shape index (κ1) is 13.6. The molecular weight excluding hydrogens is 220 g/mol. The maximum absolute atomic E-state index is 4.55. The number of H-pyrrole nitrogens is 1. The minimum absolute atomic E-state index is 0.679. The van der Waals surface area contributed by atoms with Crippen molar-refractivity contribution >= 4 is 0 Å². The van der Waals surface area contributed by atoms with Gasteiger partial charge in [-0.3, -0.25) is 0 Å². The Balaban J connectivity index is 1.88. The van der Waals surface area contributed by atoms with Crippen LogP contribution in [-0.2, 0) is 0 Å². The summed E-state index contributed by atoms with van der Waals surface area (Å²) in [5.41, 5.74) is 1.20. The highest BCUT2D eigenvalue weighted by atomic mass is 14.9. The zero-order chi connectivity index (χ0) is 12.6. The molecule has 1 saturated carbocycles. The summed E-state index contributed by atoms with van der Waals surface area (Å²) in [6, 6.07) is 0. The summed E-state index contributed by atoms with van der Waals surface area (Å²) in [6.45, 7) is 2.10. The van der Waals surface area contributed by atoms with E-state index in [2.05, 4.69) is 16.9 Å². The van der Waals surface area contributed by atoms with E-state index in [1.807, 2.05) is 6.20 Å². The Morgan fingerprint density at radius 1 is 0.889 bits per heavy atom. The Morgan fingerprint density at radius 3 is 1.83 bits per heavy atom. The molecule has 1 fully saturated rings. The van der Waals surface area contributed by atoms with E-state index < -0.39 is 0 Å². The van der Waals surface area contributed by atoms with Crippen LogP contribution in [0.15, 0.2) is 6.20 Å². The van der Waals surface area contributed by atoms with E-state index in [0.29, 0.717) is 5.92 Å². The lowest BCUT2D eigenvalue weighted by molar-refractivity contribution is 0.457. The van der Waals surface area contributed by atoms with E-state index >= 15 is 0 Å². The summed E-state index contributed by atoms with van der Waals surface area (Å²) in [4.78, 5) is 8.00. The molecule has 1 N–H and O–H groups in total. The van der Waals surface area contributed by atoms with Gasteiger partial charge < -0.3 is 4.98 Å². The van der Waals surface area contributed by atoms with Crippen LogP contribution in [0.25, 0.3) is 0 Å². The van der Waals surface area contributed by atoms with Gasteiger partial charge in [-0.1, -0.05) is 57.8 Å². The molecule has 1 aliphatic rings. The molecule has 1 aliphatic carbocycles. The first-order valence-corrected chi connectivity index (χ1v) is 7.88. The zero-order valence-corrected chi connectivity index (χ0v) is 11.9. The number of nitrogens with one attached hydrogen (secondary N) is 1. The van der Waals surface area contributed by atoms with Crippen LogP contribution in [0.3, 0.4) is 0 Å². The van der Waals surface area contributed by atoms with Crippen molar-refractivity contribution in [3.05, 3.63) is 17.7 Å². The molecule has 0 atom stereocenters. The van der Waals surface area contributed by atoms with Gasteiger partial charge in [0.1, 0.15) is 5.82 Å². The Hall–Kier alpha value is -0.790. The second-order valence-electron chi connectivity index (χ2n) is 5.91. The molecule has 0 aromatic carbocycles. The van der Waals surface area contributed by atoms with Gasteiger partial charge in [0.2, 0.25) is 0 Å². The molecule has 1 heterocycles. The fourth-order valence-corrected chi connectivity index (χ4v) is 3.08. The SMILES string of the molecule is Cc1cnc(C2CCCCCCCCCCC2)[nH]1. The number of hydrogen-bond acceptors (Lipinski definition) is 1. The first-order valence-electron chi connectivity index (χ1n) is 7.88. The van der Waals surface area contributed by atoms with Crippen LogP contribution in [0, 0.1) is 6.92 Å². The molecule has 0 radical (unpaired) electrons. The summed E-state index contributed by atoms with van der Waals surface area (Å²) >= 11 is 0. The van der Waals surface area contributed by atoms with Crippen LogP contribution in [0.5, 0.6) is 0 Å². The average Bonchev–Trinajstić information content (AvgIpc) is 2.76. The van der Waals surface area contributed by atoms with Crippen molar-refractivity contribution in [3.63, 3.8) is 0 Å². The lowest BCUT2D eigenvalue weighted by Crippen LogP contribution is -2.02. The molecule has 1 aromatic heterocycles. The van der Waals surface area contributed by atoms with Gasteiger partial charge in [-0.2, -0.15) is 0 Å². The number of aryl methyl sites for hydroxylation is 1. The second kappa shape index (κ2) is 7.60. The quantitative estimate of drug-likeness (QED) is 0.735. The van der Waals surface area contributed by atoms with E-state index in [0.717, 1.165) is 0 Å². The smallest absolute Gasteiger partial charge is 0.109 e. The highest BCUT2D eigenvalue weighted by Crippen LogP contribution is 2.27. The van der Waals surface area contributed by atoms with E-state index in [1.54, 1.807) is 0 Å². The number of nitrogens with zero attached hydrogens (tertiary/aromatic N) is 1. The van der Waals surface area contributed by atoms with Gasteiger partial charge in [0.05, 0.1) is 0 Å². The van der Waals surface area contributed by atoms with E-state index in [9.17, 15) is 0 Å². The van der Waals surface area contributed by atoms with E-state index in [4.69, 9.17) is 0 Å². The third-order valence-electron chi connectivity index (χ3n) is 4.21. The molecule has 2 nitrogen and oxygen atoms in total. The van der Waals surface area contributed by atoms with Gasteiger partial charge in [-0.15, -0.1) is 0 Å². The fourth-order valence-electron chi connectivity index (χ4n) is 3.08. The standard InChI is InChI=1S/C16H28N2/c1-14-13-17-16(18-14)15-11-9-7-5-3-2-4-6-8-10-12-15/h13,15H,2-12H2,1H3,(H,17,18). The summed E-state index contributed by atoms with van der Waals surface area (Å²) in [5.74, 6) is 1.92. The normalized spacial score (nSPS) is 21.2. The monoisotopic (exact) mass is 248 g/mol. The van der Waals surface area contributed by atoms with Gasteiger partial charge in [-0.05, 0) is 19.8 Å². The second-order valence-corrected chi connectivity index (χ2v) is 5.91. The minimum Gasteiger partial charge on any atom is -0.346 e. The van der Waals surface area contributed by atoms with Crippen LogP contribution in [0.1, 0.15) is 88.1 Å². The van der Waals surface area contributed by atoms with Crippen molar-refractivity contribution in [2.24, 2.45) is 0 Å². The molecule has 1 aromatic rings. The van der Waals surface area contributed by atoms with Crippen molar-refractivity contribution in [2.75, 3.05) is 0 Å². The van der Waals surface area contributed by atoms with Crippen LogP contribution < -0.4 is 0 Å². The van der Waals surface area contributed by atoms with Gasteiger partial charge in [-0.25, -0.2) is 4.98 Å². The topological polar surface area (TPSA) is 28.7 Å². The van der Waals surface area contributed by atoms with Crippen molar-refractivity contribution in [2.45, 2.75) is 83.5 Å². The molecule has 2 heteroatoms. The van der Waals surface area contributed by atoms with Crippen LogP contribution in [0.2, 0.25) is 0 Å². The Labute approximate surface area is 112 Å². The van der Waals surface area contributed by atoms with Gasteiger partial charge in [0, 0.05) is 17.8 Å². The molecular formula is C16H28N2. The third-order valence-corrected chi connectivity index (χ3v) is 4.21. The Bertz CT molecular complexity index is 318. The van der Waals surface area contributed by atoms with Crippen LogP contribution in [0.4, 0.5) is 0 Å². The number of hydrogen-bond donors (Lipinski definition) is 1. The van der Waals surface area contributed by atoms with Crippen molar-refractivity contribution in [1.29, 1.82) is 0 Å². The average molecular weight is 248 g/mol. The molecule has 0 saturated heterocycles. The number of aromatic nitrogens is 2. The van der Waals surface area contributed by atoms with Crippen LogP contribution in [-0.4, -0.2) is 9.97 Å². The minimum atomic E-state index is 0.679. The predicted octanol–water partition coefficient (Wildman–Crippen LogP) is 5.11. The maximum Gasteiger partial charge on any atom is 0.109 e. The molecule has 0 aliphatic heterocycles.